The van der Waals surface area contributed by atoms with Gasteiger partial charge in [0.15, 0.2) is 5.65 Å². The molecule has 0 amide bonds. The maximum atomic E-state index is 10.8. The highest BCUT2D eigenvalue weighted by Gasteiger charge is 2.27. The number of rotatable bonds is 8. The fourth-order valence-corrected chi connectivity index (χ4v) is 4.60. The third-order valence-electron chi connectivity index (χ3n) is 6.45. The predicted octanol–water partition coefficient (Wildman–Crippen LogP) is 4.70. The number of fused-ring (bicyclic) bond motifs is 1. The Morgan fingerprint density at radius 1 is 1.06 bits per heavy atom. The number of ether oxygens (including phenoxy) is 1. The minimum atomic E-state index is 0.216. The van der Waals surface area contributed by atoms with E-state index in [9.17, 15) is 4.79 Å². The second-order valence-electron chi connectivity index (χ2n) is 8.85. The Hall–Kier alpha value is -4.04. The minimum Gasteiger partial charge on any atom is -0.457 e. The predicted molar refractivity (Wildman–Crippen MR) is 136 cm³/mol. The van der Waals surface area contributed by atoms with Gasteiger partial charge in [-0.15, -0.1) is 0 Å². The number of nitrogen functional groups attached to an aromatic ring is 1. The molecule has 0 unspecified atom stereocenters. The maximum absolute atomic E-state index is 10.8. The van der Waals surface area contributed by atoms with Crippen LogP contribution in [0.25, 0.3) is 22.3 Å². The van der Waals surface area contributed by atoms with Gasteiger partial charge in [-0.25, -0.2) is 14.6 Å². The Morgan fingerprint density at radius 3 is 2.49 bits per heavy atom. The van der Waals surface area contributed by atoms with Crippen LogP contribution < -0.4 is 15.8 Å². The quantitative estimate of drug-likeness (QED) is 0.285. The molecular formula is C27H28N6O2. The molecule has 8 nitrogen and oxygen atoms in total. The average Bonchev–Trinajstić information content (AvgIpc) is 3.29. The number of carbonyl (C=O) groups excluding carboxylic acids is 1. The Morgan fingerprint density at radius 2 is 1.77 bits per heavy atom. The summed E-state index contributed by atoms with van der Waals surface area (Å²) in [5.41, 5.74) is 9.32. The Bertz CT molecular complexity index is 1330. The number of benzene rings is 2. The van der Waals surface area contributed by atoms with Crippen LogP contribution in [0.15, 0.2) is 73.1 Å². The van der Waals surface area contributed by atoms with Crippen molar-refractivity contribution >= 4 is 23.1 Å². The summed E-state index contributed by atoms with van der Waals surface area (Å²) in [6, 6.07) is 18.1. The molecule has 4 aromatic rings. The van der Waals surface area contributed by atoms with Crippen LogP contribution in [0.2, 0.25) is 0 Å². The van der Waals surface area contributed by atoms with Crippen molar-refractivity contribution in [1.29, 1.82) is 0 Å². The molecular weight excluding hydrogens is 440 g/mol. The summed E-state index contributed by atoms with van der Waals surface area (Å²) in [5, 5.41) is 9.18. The highest BCUT2D eigenvalue weighted by Crippen LogP contribution is 2.36. The van der Waals surface area contributed by atoms with Gasteiger partial charge in [0.1, 0.15) is 35.6 Å². The first-order valence-electron chi connectivity index (χ1n) is 11.8. The summed E-state index contributed by atoms with van der Waals surface area (Å²) < 4.78 is 7.94. The normalized spacial score (nSPS) is 17.8. The van der Waals surface area contributed by atoms with E-state index in [1.54, 1.807) is 0 Å². The van der Waals surface area contributed by atoms with E-state index < -0.39 is 0 Å². The highest BCUT2D eigenvalue weighted by molar-refractivity contribution is 5.98. The smallest absolute Gasteiger partial charge is 0.164 e. The van der Waals surface area contributed by atoms with Crippen molar-refractivity contribution < 1.29 is 9.53 Å². The van der Waals surface area contributed by atoms with Crippen LogP contribution in [0.5, 0.6) is 11.5 Å². The summed E-state index contributed by atoms with van der Waals surface area (Å²) in [5.74, 6) is 1.95. The van der Waals surface area contributed by atoms with Gasteiger partial charge in [-0.1, -0.05) is 24.8 Å². The number of para-hydroxylation sites is 1. The number of aldehydes is 1. The van der Waals surface area contributed by atoms with Crippen molar-refractivity contribution in [2.75, 3.05) is 12.3 Å². The number of hydrogen-bond acceptors (Lipinski definition) is 7. The molecule has 2 aromatic carbocycles. The molecule has 8 heteroatoms. The molecule has 0 bridgehead atoms. The number of anilines is 1. The molecule has 1 saturated carbocycles. The SMILES string of the molecule is C=C(C=O)CNC1CCC(n2nc(-c3ccc(Oc4ccccc4)cc3)c3c(N)ncnc32)CC1. The first-order valence-corrected chi connectivity index (χ1v) is 11.8. The molecule has 0 radical (unpaired) electrons. The van der Waals surface area contributed by atoms with E-state index in [2.05, 4.69) is 21.9 Å². The van der Waals surface area contributed by atoms with Gasteiger partial charge in [0, 0.05) is 18.2 Å². The molecule has 0 atom stereocenters. The Kier molecular flexibility index (Phi) is 6.54. The van der Waals surface area contributed by atoms with E-state index in [1.807, 2.05) is 59.3 Å². The number of nitrogens with one attached hydrogen (secondary N) is 1. The number of nitrogens with zero attached hydrogens (tertiary/aromatic N) is 4. The summed E-state index contributed by atoms with van der Waals surface area (Å²) in [6.07, 6.45) is 6.18. The minimum absolute atomic E-state index is 0.216. The number of hydrogen-bond donors (Lipinski definition) is 2. The molecule has 1 aliphatic carbocycles. The van der Waals surface area contributed by atoms with Crippen molar-refractivity contribution in [3.05, 3.63) is 73.1 Å². The van der Waals surface area contributed by atoms with E-state index in [0.717, 1.165) is 65.8 Å². The fourth-order valence-electron chi connectivity index (χ4n) is 4.60. The lowest BCUT2D eigenvalue weighted by Crippen LogP contribution is -2.35. The standard InChI is InChI=1S/C27H28N6O2/c1-18(16-34)15-29-20-9-11-21(12-10-20)33-27-24(26(28)30-17-31-27)25(32-33)19-7-13-23(14-8-19)35-22-5-3-2-4-6-22/h2-8,13-14,16-17,20-21,29H,1,9-12,15H2,(H2,28,30,31). The Balaban J connectivity index is 1.38. The van der Waals surface area contributed by atoms with E-state index in [0.29, 0.717) is 24.0 Å². The number of nitrogens with two attached hydrogens (primary N) is 1. The van der Waals surface area contributed by atoms with E-state index >= 15 is 0 Å². The van der Waals surface area contributed by atoms with Gasteiger partial charge in [-0.3, -0.25) is 4.79 Å². The van der Waals surface area contributed by atoms with Crippen molar-refractivity contribution in [3.63, 3.8) is 0 Å². The number of aromatic nitrogens is 4. The van der Waals surface area contributed by atoms with Crippen LogP contribution in [0, 0.1) is 0 Å². The molecule has 2 aromatic heterocycles. The van der Waals surface area contributed by atoms with Crippen molar-refractivity contribution in [1.82, 2.24) is 25.1 Å². The molecule has 0 spiro atoms. The van der Waals surface area contributed by atoms with Crippen LogP contribution >= 0.6 is 0 Å². The molecule has 35 heavy (non-hydrogen) atoms. The van der Waals surface area contributed by atoms with Gasteiger partial charge in [0.05, 0.1) is 11.4 Å². The third kappa shape index (κ3) is 4.93. The lowest BCUT2D eigenvalue weighted by atomic mass is 9.91. The monoisotopic (exact) mass is 468 g/mol. The topological polar surface area (TPSA) is 108 Å². The zero-order valence-electron chi connectivity index (χ0n) is 19.4. The van der Waals surface area contributed by atoms with E-state index in [-0.39, 0.29) is 6.04 Å². The zero-order chi connectivity index (χ0) is 24.2. The fraction of sp³-hybridized carbons (Fsp3) is 0.259. The second kappa shape index (κ2) is 10.1. The van der Waals surface area contributed by atoms with Gasteiger partial charge >= 0.3 is 0 Å². The third-order valence-corrected chi connectivity index (χ3v) is 6.45. The molecule has 2 heterocycles. The van der Waals surface area contributed by atoms with Crippen LogP contribution in [0.3, 0.4) is 0 Å². The average molecular weight is 469 g/mol. The van der Waals surface area contributed by atoms with E-state index in [4.69, 9.17) is 15.6 Å². The lowest BCUT2D eigenvalue weighted by molar-refractivity contribution is -0.104. The Labute approximate surface area is 203 Å². The van der Waals surface area contributed by atoms with Crippen LogP contribution in [-0.2, 0) is 4.79 Å². The zero-order valence-corrected chi connectivity index (χ0v) is 19.4. The molecule has 3 N–H and O–H groups in total. The molecule has 1 fully saturated rings. The first-order chi connectivity index (χ1) is 17.1. The van der Waals surface area contributed by atoms with Crippen molar-refractivity contribution in [2.45, 2.75) is 37.8 Å². The van der Waals surface area contributed by atoms with E-state index in [1.165, 1.54) is 6.33 Å². The van der Waals surface area contributed by atoms with Crippen LogP contribution in [-0.4, -0.2) is 38.6 Å². The van der Waals surface area contributed by atoms with Gasteiger partial charge in [0.25, 0.3) is 0 Å². The maximum Gasteiger partial charge on any atom is 0.164 e. The summed E-state index contributed by atoms with van der Waals surface area (Å²) in [6.45, 7) is 4.27. The van der Waals surface area contributed by atoms with Crippen LogP contribution in [0.1, 0.15) is 31.7 Å². The summed E-state index contributed by atoms with van der Waals surface area (Å²) in [7, 11) is 0. The van der Waals surface area contributed by atoms with Gasteiger partial charge in [-0.05, 0) is 67.7 Å². The van der Waals surface area contributed by atoms with Gasteiger partial charge in [0.2, 0.25) is 0 Å². The number of carbonyl (C=O) groups is 1. The first kappa shape index (κ1) is 22.7. The largest absolute Gasteiger partial charge is 0.457 e. The molecule has 5 rings (SSSR count). The van der Waals surface area contributed by atoms with Crippen molar-refractivity contribution in [2.24, 2.45) is 0 Å². The lowest BCUT2D eigenvalue weighted by Gasteiger charge is -2.29. The molecule has 0 saturated heterocycles. The van der Waals surface area contributed by atoms with Gasteiger partial charge in [-0.2, -0.15) is 5.10 Å². The second-order valence-corrected chi connectivity index (χ2v) is 8.85. The summed E-state index contributed by atoms with van der Waals surface area (Å²) >= 11 is 0. The highest BCUT2D eigenvalue weighted by atomic mass is 16.5. The van der Waals surface area contributed by atoms with Crippen LogP contribution in [0.4, 0.5) is 5.82 Å². The van der Waals surface area contributed by atoms with Crippen molar-refractivity contribution in [3.8, 4) is 22.8 Å². The molecule has 0 aliphatic heterocycles. The molecule has 178 valence electrons. The summed E-state index contributed by atoms with van der Waals surface area (Å²) in [4.78, 5) is 19.6. The van der Waals surface area contributed by atoms with Gasteiger partial charge < -0.3 is 15.8 Å². The molecule has 1 aliphatic rings.